The summed E-state index contributed by atoms with van der Waals surface area (Å²) in [7, 11) is 0. The van der Waals surface area contributed by atoms with E-state index in [0.29, 0.717) is 25.2 Å². The maximum Gasteiger partial charge on any atom is 0.270 e. The molecule has 7 nitrogen and oxygen atoms in total. The second-order valence-corrected chi connectivity index (χ2v) is 6.18. The average molecular weight is 367 g/mol. The Bertz CT molecular complexity index is 739. The lowest BCUT2D eigenvalue weighted by Gasteiger charge is -2.35. The molecule has 9 heteroatoms. The molecule has 0 aliphatic carbocycles. The van der Waals surface area contributed by atoms with Gasteiger partial charge in [-0.3, -0.25) is 14.4 Å². The zero-order valence-corrected chi connectivity index (χ0v) is 14.1. The number of carbonyl (C=O) groups excluding carboxylic acids is 3. The third-order valence-corrected chi connectivity index (χ3v) is 4.50. The van der Waals surface area contributed by atoms with Crippen LogP contribution < -0.4 is 5.43 Å². The average Bonchev–Trinajstić information content (AvgIpc) is 2.61. The Morgan fingerprint density at radius 2 is 1.72 bits per heavy atom. The van der Waals surface area contributed by atoms with Gasteiger partial charge < -0.3 is 9.80 Å². The summed E-state index contributed by atoms with van der Waals surface area (Å²) in [5.74, 6) is -1.62. The van der Waals surface area contributed by atoms with E-state index in [1.807, 2.05) is 0 Å². The molecule has 2 aliphatic heterocycles. The smallest absolute Gasteiger partial charge is 0.270 e. The van der Waals surface area contributed by atoms with Gasteiger partial charge in [-0.25, -0.2) is 9.82 Å². The van der Waals surface area contributed by atoms with Gasteiger partial charge in [0.15, 0.2) is 0 Å². The number of carbonyl (C=O) groups is 3. The van der Waals surface area contributed by atoms with Crippen molar-refractivity contribution in [2.45, 2.75) is 12.8 Å². The van der Waals surface area contributed by atoms with Gasteiger partial charge in [0.1, 0.15) is 11.5 Å². The van der Waals surface area contributed by atoms with E-state index in [2.05, 4.69) is 10.5 Å². The van der Waals surface area contributed by atoms with Gasteiger partial charge in [-0.15, -0.1) is 0 Å². The van der Waals surface area contributed by atoms with Crippen molar-refractivity contribution in [1.29, 1.82) is 0 Å². The predicted octanol–water partition coefficient (Wildman–Crippen LogP) is 1.03. The van der Waals surface area contributed by atoms with Crippen molar-refractivity contribution in [3.05, 3.63) is 34.6 Å². The number of benzene rings is 1. The van der Waals surface area contributed by atoms with Gasteiger partial charge in [-0.1, -0.05) is 17.7 Å². The molecular weight excluding hydrogens is 351 g/mol. The molecule has 3 rings (SSSR count). The van der Waals surface area contributed by atoms with Crippen molar-refractivity contribution >= 4 is 35.0 Å². The van der Waals surface area contributed by atoms with Crippen LogP contribution in [0.1, 0.15) is 23.2 Å². The number of hydrazone groups is 1. The maximum atomic E-state index is 13.9. The molecule has 1 aromatic carbocycles. The molecule has 0 spiro atoms. The van der Waals surface area contributed by atoms with Crippen LogP contribution in [0.5, 0.6) is 0 Å². The largest absolute Gasteiger partial charge is 0.335 e. The van der Waals surface area contributed by atoms with Crippen LogP contribution in [0.25, 0.3) is 0 Å². The van der Waals surface area contributed by atoms with Crippen LogP contribution in [0.2, 0.25) is 5.02 Å². The Morgan fingerprint density at radius 1 is 1.08 bits per heavy atom. The standard InChI is InChI=1S/C16H16ClFN4O3/c17-10-2-1-3-11(18)14(10)16(25)22-8-6-21(7-9-22)15(24)12-4-5-13(23)20-19-12/h1-3H,4-9H2,(H,20,23). The molecule has 0 atom stereocenters. The molecule has 2 aliphatic rings. The first-order valence-corrected chi connectivity index (χ1v) is 8.23. The lowest BCUT2D eigenvalue weighted by Crippen LogP contribution is -2.52. The molecule has 132 valence electrons. The number of nitrogens with zero attached hydrogens (tertiary/aromatic N) is 3. The van der Waals surface area contributed by atoms with Crippen LogP contribution in [0, 0.1) is 5.82 Å². The Labute approximate surface area is 148 Å². The summed E-state index contributed by atoms with van der Waals surface area (Å²) in [6.45, 7) is 1.16. The van der Waals surface area contributed by atoms with Crippen molar-refractivity contribution in [2.75, 3.05) is 26.2 Å². The van der Waals surface area contributed by atoms with Gasteiger partial charge in [-0.05, 0) is 12.1 Å². The summed E-state index contributed by atoms with van der Waals surface area (Å²) in [4.78, 5) is 39.0. The highest BCUT2D eigenvalue weighted by atomic mass is 35.5. The first kappa shape index (κ1) is 17.3. The fraction of sp³-hybridized carbons (Fsp3) is 0.375. The molecule has 1 fully saturated rings. The van der Waals surface area contributed by atoms with E-state index >= 15 is 0 Å². The summed E-state index contributed by atoms with van der Waals surface area (Å²) in [5.41, 5.74) is 2.45. The first-order valence-electron chi connectivity index (χ1n) is 7.85. The van der Waals surface area contributed by atoms with Crippen LogP contribution in [0.15, 0.2) is 23.3 Å². The molecule has 0 bridgehead atoms. The minimum atomic E-state index is -0.664. The van der Waals surface area contributed by atoms with Crippen LogP contribution in [0.3, 0.4) is 0 Å². The summed E-state index contributed by atoms with van der Waals surface area (Å²) >= 11 is 5.93. The summed E-state index contributed by atoms with van der Waals surface area (Å²) in [5, 5.41) is 3.85. The van der Waals surface area contributed by atoms with Gasteiger partial charge in [0.2, 0.25) is 5.91 Å². The molecular formula is C16H16ClFN4O3. The van der Waals surface area contributed by atoms with E-state index in [4.69, 9.17) is 11.6 Å². The fourth-order valence-electron chi connectivity index (χ4n) is 2.78. The molecule has 0 unspecified atom stereocenters. The van der Waals surface area contributed by atoms with Gasteiger partial charge >= 0.3 is 0 Å². The quantitative estimate of drug-likeness (QED) is 0.848. The molecule has 2 heterocycles. The Balaban J connectivity index is 1.63. The van der Waals surface area contributed by atoms with Crippen LogP contribution in [-0.4, -0.2) is 59.4 Å². The molecule has 1 saturated heterocycles. The second-order valence-electron chi connectivity index (χ2n) is 5.77. The van der Waals surface area contributed by atoms with Crippen LogP contribution in [-0.2, 0) is 9.59 Å². The van der Waals surface area contributed by atoms with Crippen molar-refractivity contribution < 1.29 is 18.8 Å². The normalized spacial score (nSPS) is 17.8. The zero-order valence-electron chi connectivity index (χ0n) is 13.3. The molecule has 0 saturated carbocycles. The van der Waals surface area contributed by atoms with Gasteiger partial charge in [0.05, 0.1) is 10.6 Å². The lowest BCUT2D eigenvalue weighted by molar-refractivity contribution is -0.126. The van der Waals surface area contributed by atoms with Gasteiger partial charge in [-0.2, -0.15) is 5.10 Å². The summed E-state index contributed by atoms with van der Waals surface area (Å²) in [6, 6.07) is 4.09. The highest BCUT2D eigenvalue weighted by molar-refractivity contribution is 6.39. The van der Waals surface area contributed by atoms with Gasteiger partial charge in [0, 0.05) is 39.0 Å². The van der Waals surface area contributed by atoms with E-state index in [-0.39, 0.29) is 41.9 Å². The molecule has 25 heavy (non-hydrogen) atoms. The van der Waals surface area contributed by atoms with E-state index in [1.54, 1.807) is 4.90 Å². The maximum absolute atomic E-state index is 13.9. The topological polar surface area (TPSA) is 82.1 Å². The summed E-state index contributed by atoms with van der Waals surface area (Å²) in [6.07, 6.45) is 0.531. The van der Waals surface area contributed by atoms with E-state index in [0.717, 1.165) is 0 Å². The van der Waals surface area contributed by atoms with E-state index in [9.17, 15) is 18.8 Å². The molecule has 0 aromatic heterocycles. The van der Waals surface area contributed by atoms with E-state index in [1.165, 1.54) is 23.1 Å². The lowest BCUT2D eigenvalue weighted by atomic mass is 10.1. The SMILES string of the molecule is O=C1CCC(C(=O)N2CCN(C(=O)c3c(F)cccc3Cl)CC2)=NN1. The highest BCUT2D eigenvalue weighted by Crippen LogP contribution is 2.21. The second kappa shape index (κ2) is 7.18. The predicted molar refractivity (Wildman–Crippen MR) is 88.7 cm³/mol. The Hall–Kier alpha value is -2.48. The number of halogens is 2. The minimum absolute atomic E-state index is 0.0656. The monoisotopic (exact) mass is 366 g/mol. The third-order valence-electron chi connectivity index (χ3n) is 4.18. The Morgan fingerprint density at radius 3 is 2.28 bits per heavy atom. The number of nitrogens with one attached hydrogen (secondary N) is 1. The number of hydrogen-bond acceptors (Lipinski definition) is 4. The number of rotatable bonds is 2. The van der Waals surface area contributed by atoms with Crippen molar-refractivity contribution in [1.82, 2.24) is 15.2 Å². The van der Waals surface area contributed by atoms with Crippen LogP contribution in [0.4, 0.5) is 4.39 Å². The fourth-order valence-corrected chi connectivity index (χ4v) is 3.03. The minimum Gasteiger partial charge on any atom is -0.335 e. The molecule has 1 N–H and O–H groups in total. The van der Waals surface area contributed by atoms with Gasteiger partial charge in [0.25, 0.3) is 11.8 Å². The Kier molecular flexibility index (Phi) is 4.98. The third kappa shape index (κ3) is 3.63. The van der Waals surface area contributed by atoms with Crippen LogP contribution >= 0.6 is 11.6 Å². The van der Waals surface area contributed by atoms with Crippen molar-refractivity contribution in [3.8, 4) is 0 Å². The van der Waals surface area contributed by atoms with E-state index < -0.39 is 11.7 Å². The zero-order chi connectivity index (χ0) is 18.0. The highest BCUT2D eigenvalue weighted by Gasteiger charge is 2.30. The number of piperazine rings is 1. The number of hydrogen-bond donors (Lipinski definition) is 1. The van der Waals surface area contributed by atoms with Crippen molar-refractivity contribution in [2.24, 2.45) is 5.10 Å². The molecule has 3 amide bonds. The molecule has 0 radical (unpaired) electrons. The van der Waals surface area contributed by atoms with Crippen molar-refractivity contribution in [3.63, 3.8) is 0 Å². The first-order chi connectivity index (χ1) is 12.0. The number of amides is 3. The summed E-state index contributed by atoms with van der Waals surface area (Å²) < 4.78 is 13.9. The molecule has 1 aromatic rings.